The molecule has 0 bridgehead atoms. The number of hydrogen-bond acceptors (Lipinski definition) is 3. The maximum absolute atomic E-state index is 11.5. The molecule has 0 amide bonds. The van der Waals surface area contributed by atoms with Crippen molar-refractivity contribution in [1.29, 1.82) is 0 Å². The molecule has 0 aliphatic carbocycles. The number of phenolic OH excluding ortho intramolecular Hbond substituents is 1. The molecule has 108 valence electrons. The molecule has 21 heavy (non-hydrogen) atoms. The zero-order valence-corrected chi connectivity index (χ0v) is 11.6. The van der Waals surface area contributed by atoms with E-state index in [2.05, 4.69) is 0 Å². The van der Waals surface area contributed by atoms with Crippen LogP contribution >= 0.6 is 0 Å². The van der Waals surface area contributed by atoms with Crippen molar-refractivity contribution < 1.29 is 19.7 Å². The first kappa shape index (κ1) is 14.7. The Morgan fingerprint density at radius 1 is 1.14 bits per heavy atom. The highest BCUT2D eigenvalue weighted by molar-refractivity contribution is 6.20. The van der Waals surface area contributed by atoms with Crippen LogP contribution in [-0.2, 0) is 4.79 Å². The second-order valence-electron chi connectivity index (χ2n) is 4.38. The predicted octanol–water partition coefficient (Wildman–Crippen LogP) is 3.42. The van der Waals surface area contributed by atoms with Gasteiger partial charge in [-0.15, -0.1) is 0 Å². The van der Waals surface area contributed by atoms with E-state index >= 15 is 0 Å². The largest absolute Gasteiger partial charge is 0.508 e. The van der Waals surface area contributed by atoms with Crippen molar-refractivity contribution in [3.63, 3.8) is 0 Å². The van der Waals surface area contributed by atoms with Crippen molar-refractivity contribution in [2.75, 3.05) is 6.61 Å². The Bertz CT molecular complexity index is 657. The summed E-state index contributed by atoms with van der Waals surface area (Å²) in [6.45, 7) is 2.38. The maximum Gasteiger partial charge on any atom is 0.336 e. The number of benzene rings is 2. The van der Waals surface area contributed by atoms with Gasteiger partial charge in [0, 0.05) is 5.56 Å². The average Bonchev–Trinajstić information content (AvgIpc) is 2.47. The van der Waals surface area contributed by atoms with Gasteiger partial charge in [-0.2, -0.15) is 0 Å². The molecule has 2 rings (SSSR count). The van der Waals surface area contributed by atoms with Crippen LogP contribution in [0.2, 0.25) is 0 Å². The summed E-state index contributed by atoms with van der Waals surface area (Å²) in [5, 5.41) is 18.7. The Morgan fingerprint density at radius 2 is 1.81 bits per heavy atom. The molecule has 0 aromatic heterocycles. The number of aliphatic carboxylic acids is 1. The summed E-state index contributed by atoms with van der Waals surface area (Å²) in [6.07, 6.45) is 1.57. The van der Waals surface area contributed by atoms with E-state index in [4.69, 9.17) is 4.74 Å². The van der Waals surface area contributed by atoms with Gasteiger partial charge in [0.25, 0.3) is 0 Å². The van der Waals surface area contributed by atoms with Gasteiger partial charge in [-0.25, -0.2) is 4.79 Å². The van der Waals surface area contributed by atoms with Crippen LogP contribution in [0.5, 0.6) is 11.5 Å². The van der Waals surface area contributed by atoms with E-state index < -0.39 is 5.97 Å². The van der Waals surface area contributed by atoms with Gasteiger partial charge in [0.05, 0.1) is 12.2 Å². The van der Waals surface area contributed by atoms with Crippen LogP contribution in [0.3, 0.4) is 0 Å². The highest BCUT2D eigenvalue weighted by Gasteiger charge is 2.12. The number of carboxylic acid groups (broad SMARTS) is 1. The fourth-order valence-corrected chi connectivity index (χ4v) is 1.95. The summed E-state index contributed by atoms with van der Waals surface area (Å²) in [5.41, 5.74) is 1.36. The number of rotatable bonds is 5. The number of para-hydroxylation sites is 1. The standard InChI is InChI=1S/C17H16O4/c1-2-21-16-6-4-3-5-13(16)11-15(17(19)20)12-7-9-14(18)10-8-12/h3-11,18H,2H2,1H3,(H,19,20)/b15-11-. The first-order chi connectivity index (χ1) is 10.1. The summed E-state index contributed by atoms with van der Waals surface area (Å²) >= 11 is 0. The lowest BCUT2D eigenvalue weighted by Gasteiger charge is -2.08. The maximum atomic E-state index is 11.5. The molecule has 0 radical (unpaired) electrons. The molecule has 0 saturated carbocycles. The van der Waals surface area contributed by atoms with E-state index in [-0.39, 0.29) is 11.3 Å². The SMILES string of the molecule is CCOc1ccccc1/C=C(\C(=O)O)c1ccc(O)cc1. The van der Waals surface area contributed by atoms with Gasteiger partial charge in [-0.3, -0.25) is 0 Å². The Balaban J connectivity index is 2.47. The van der Waals surface area contributed by atoms with Crippen LogP contribution in [0.4, 0.5) is 0 Å². The molecular weight excluding hydrogens is 268 g/mol. The first-order valence-corrected chi connectivity index (χ1v) is 6.58. The van der Waals surface area contributed by atoms with E-state index in [1.807, 2.05) is 19.1 Å². The predicted molar refractivity (Wildman–Crippen MR) is 81.2 cm³/mol. The smallest absolute Gasteiger partial charge is 0.336 e. The highest BCUT2D eigenvalue weighted by atomic mass is 16.5. The van der Waals surface area contributed by atoms with E-state index in [0.717, 1.165) is 0 Å². The lowest BCUT2D eigenvalue weighted by atomic mass is 10.0. The molecule has 2 N–H and O–H groups in total. The van der Waals surface area contributed by atoms with E-state index in [9.17, 15) is 15.0 Å². The van der Waals surface area contributed by atoms with Crippen molar-refractivity contribution in [3.8, 4) is 11.5 Å². The van der Waals surface area contributed by atoms with Gasteiger partial charge in [0.2, 0.25) is 0 Å². The summed E-state index contributed by atoms with van der Waals surface area (Å²) in [6, 6.07) is 13.3. The van der Waals surface area contributed by atoms with Crippen molar-refractivity contribution in [1.82, 2.24) is 0 Å². The zero-order valence-electron chi connectivity index (χ0n) is 11.6. The van der Waals surface area contributed by atoms with Crippen LogP contribution in [0.15, 0.2) is 48.5 Å². The van der Waals surface area contributed by atoms with Crippen molar-refractivity contribution >= 4 is 17.6 Å². The minimum atomic E-state index is -1.04. The molecule has 4 heteroatoms. The number of carboxylic acids is 1. The van der Waals surface area contributed by atoms with Crippen LogP contribution in [0.1, 0.15) is 18.1 Å². The highest BCUT2D eigenvalue weighted by Crippen LogP contribution is 2.26. The Kier molecular flexibility index (Phi) is 4.61. The minimum Gasteiger partial charge on any atom is -0.508 e. The summed E-state index contributed by atoms with van der Waals surface area (Å²) in [7, 11) is 0. The summed E-state index contributed by atoms with van der Waals surface area (Å²) < 4.78 is 5.50. The van der Waals surface area contributed by atoms with Crippen molar-refractivity contribution in [3.05, 3.63) is 59.7 Å². The Hall–Kier alpha value is -2.75. The fourth-order valence-electron chi connectivity index (χ4n) is 1.95. The monoisotopic (exact) mass is 284 g/mol. The van der Waals surface area contributed by atoms with E-state index in [0.29, 0.717) is 23.5 Å². The summed E-state index contributed by atoms with van der Waals surface area (Å²) in [5.74, 6) is -0.303. The lowest BCUT2D eigenvalue weighted by Crippen LogP contribution is -2.00. The number of hydrogen-bond donors (Lipinski definition) is 2. The lowest BCUT2D eigenvalue weighted by molar-refractivity contribution is -0.130. The van der Waals surface area contributed by atoms with Gasteiger partial charge in [0.15, 0.2) is 0 Å². The minimum absolute atomic E-state index is 0.0956. The Morgan fingerprint density at radius 3 is 2.43 bits per heavy atom. The van der Waals surface area contributed by atoms with Gasteiger partial charge < -0.3 is 14.9 Å². The molecule has 2 aromatic carbocycles. The zero-order chi connectivity index (χ0) is 15.2. The van der Waals surface area contributed by atoms with E-state index in [1.54, 1.807) is 30.3 Å². The van der Waals surface area contributed by atoms with E-state index in [1.165, 1.54) is 12.1 Å². The number of aromatic hydroxyl groups is 1. The third kappa shape index (κ3) is 3.63. The van der Waals surface area contributed by atoms with Crippen LogP contribution < -0.4 is 4.74 Å². The van der Waals surface area contributed by atoms with Crippen LogP contribution in [0, 0.1) is 0 Å². The number of phenols is 1. The first-order valence-electron chi connectivity index (χ1n) is 6.58. The normalized spacial score (nSPS) is 11.2. The molecule has 0 fully saturated rings. The third-order valence-corrected chi connectivity index (χ3v) is 2.93. The number of ether oxygens (including phenoxy) is 1. The summed E-state index contributed by atoms with van der Waals surface area (Å²) in [4.78, 5) is 11.5. The van der Waals surface area contributed by atoms with Crippen LogP contribution in [0.25, 0.3) is 11.6 Å². The molecule has 0 aliphatic rings. The van der Waals surface area contributed by atoms with Gasteiger partial charge in [0.1, 0.15) is 11.5 Å². The fraction of sp³-hybridized carbons (Fsp3) is 0.118. The van der Waals surface area contributed by atoms with Crippen molar-refractivity contribution in [2.24, 2.45) is 0 Å². The molecule has 0 atom stereocenters. The molecular formula is C17H16O4. The molecule has 2 aromatic rings. The van der Waals surface area contributed by atoms with Crippen molar-refractivity contribution in [2.45, 2.75) is 6.92 Å². The Labute approximate surface area is 122 Å². The van der Waals surface area contributed by atoms with Crippen LogP contribution in [-0.4, -0.2) is 22.8 Å². The molecule has 0 spiro atoms. The molecule has 0 aliphatic heterocycles. The van der Waals surface area contributed by atoms with Gasteiger partial charge in [-0.1, -0.05) is 30.3 Å². The topological polar surface area (TPSA) is 66.8 Å². The number of carbonyl (C=O) groups is 1. The molecule has 0 heterocycles. The quantitative estimate of drug-likeness (QED) is 0.652. The van der Waals surface area contributed by atoms with Gasteiger partial charge in [-0.05, 0) is 36.8 Å². The third-order valence-electron chi connectivity index (χ3n) is 2.93. The average molecular weight is 284 g/mol. The molecule has 0 saturated heterocycles. The molecule has 0 unspecified atom stereocenters. The second-order valence-corrected chi connectivity index (χ2v) is 4.38. The van der Waals surface area contributed by atoms with Gasteiger partial charge >= 0.3 is 5.97 Å². The molecule has 4 nitrogen and oxygen atoms in total. The second kappa shape index (κ2) is 6.61.